The van der Waals surface area contributed by atoms with Crippen LogP contribution in [-0.2, 0) is 19.7 Å². The first-order chi connectivity index (χ1) is 10.3. The van der Waals surface area contributed by atoms with Gasteiger partial charge in [0.15, 0.2) is 0 Å². The lowest BCUT2D eigenvalue weighted by Gasteiger charge is -2.29. The van der Waals surface area contributed by atoms with E-state index >= 15 is 0 Å². The van der Waals surface area contributed by atoms with Gasteiger partial charge in [0.25, 0.3) is 0 Å². The molecule has 1 atom stereocenters. The summed E-state index contributed by atoms with van der Waals surface area (Å²) in [5, 5.41) is 18.6. The smallest absolute Gasteiger partial charge is 0.129 e. The molecule has 2 rings (SSSR count). The second kappa shape index (κ2) is 7.93. The molecule has 5 heteroatoms. The number of aliphatic hydroxyl groups is 2. The molecule has 0 saturated heterocycles. The van der Waals surface area contributed by atoms with Gasteiger partial charge in [-0.25, -0.2) is 0 Å². The predicted molar refractivity (Wildman–Crippen MR) is 79.3 cm³/mol. The first-order valence-corrected chi connectivity index (χ1v) is 7.19. The third-order valence-electron chi connectivity index (χ3n) is 3.54. The normalized spacial score (nSPS) is 12.8. The molecule has 21 heavy (non-hydrogen) atoms. The van der Waals surface area contributed by atoms with Crippen molar-refractivity contribution < 1.29 is 14.6 Å². The van der Waals surface area contributed by atoms with E-state index in [0.29, 0.717) is 18.8 Å². The number of pyridine rings is 1. The van der Waals surface area contributed by atoms with Crippen LogP contribution in [0, 0.1) is 0 Å². The van der Waals surface area contributed by atoms with E-state index in [1.807, 2.05) is 24.4 Å². The van der Waals surface area contributed by atoms with Crippen molar-refractivity contribution in [2.45, 2.75) is 39.1 Å². The van der Waals surface area contributed by atoms with Crippen molar-refractivity contribution in [1.82, 2.24) is 9.88 Å². The maximum atomic E-state index is 9.58. The number of rotatable bonds is 8. The van der Waals surface area contributed by atoms with Crippen LogP contribution in [0.4, 0.5) is 0 Å². The molecule has 2 aromatic rings. The van der Waals surface area contributed by atoms with Crippen LogP contribution >= 0.6 is 0 Å². The monoisotopic (exact) mass is 290 g/mol. The number of furan rings is 1. The molecule has 0 spiro atoms. The largest absolute Gasteiger partial charge is 0.462 e. The summed E-state index contributed by atoms with van der Waals surface area (Å²) in [4.78, 5) is 6.29. The molecule has 0 bridgehead atoms. The summed E-state index contributed by atoms with van der Waals surface area (Å²) in [6.07, 6.45) is 4.43. The van der Waals surface area contributed by atoms with Crippen LogP contribution in [0.5, 0.6) is 0 Å². The number of hydrogen-bond acceptors (Lipinski definition) is 5. The van der Waals surface area contributed by atoms with Crippen LogP contribution < -0.4 is 0 Å². The molecule has 2 N–H and O–H groups in total. The zero-order valence-corrected chi connectivity index (χ0v) is 12.3. The van der Waals surface area contributed by atoms with E-state index in [4.69, 9.17) is 9.52 Å². The Bertz CT molecular complexity index is 523. The van der Waals surface area contributed by atoms with Crippen LogP contribution in [0.1, 0.15) is 30.4 Å². The summed E-state index contributed by atoms with van der Waals surface area (Å²) < 4.78 is 5.55. The molecule has 0 aliphatic heterocycles. The van der Waals surface area contributed by atoms with E-state index in [1.54, 1.807) is 12.3 Å². The second-order valence-electron chi connectivity index (χ2n) is 5.04. The fourth-order valence-corrected chi connectivity index (χ4v) is 2.34. The zero-order valence-electron chi connectivity index (χ0n) is 12.3. The first-order valence-electron chi connectivity index (χ1n) is 7.19. The van der Waals surface area contributed by atoms with Crippen molar-refractivity contribution >= 4 is 0 Å². The molecule has 0 aliphatic rings. The highest BCUT2D eigenvalue weighted by Gasteiger charge is 2.18. The molecule has 0 fully saturated rings. The number of nitrogens with zero attached hydrogens (tertiary/aromatic N) is 2. The minimum absolute atomic E-state index is 0.0629. The molecule has 2 heterocycles. The summed E-state index contributed by atoms with van der Waals surface area (Å²) in [6.45, 7) is 3.35. The number of aromatic nitrogens is 1. The SMILES string of the molecule is CC[C@@H](CO)N(Cc1cccnc1)Cc1ccc(CO)o1. The molecule has 2 aromatic heterocycles. The molecule has 5 nitrogen and oxygen atoms in total. The predicted octanol–water partition coefficient (Wildman–Crippen LogP) is 1.94. The number of hydrogen-bond donors (Lipinski definition) is 2. The Kier molecular flexibility index (Phi) is 5.92. The quantitative estimate of drug-likeness (QED) is 0.777. The average molecular weight is 290 g/mol. The minimum Gasteiger partial charge on any atom is -0.462 e. The van der Waals surface area contributed by atoms with Gasteiger partial charge in [0.1, 0.15) is 18.1 Å². The number of aliphatic hydroxyl groups excluding tert-OH is 2. The summed E-state index contributed by atoms with van der Waals surface area (Å²) in [6, 6.07) is 7.63. The molecule has 0 aliphatic carbocycles. The Morgan fingerprint density at radius 1 is 1.19 bits per heavy atom. The Hall–Kier alpha value is -1.69. The van der Waals surface area contributed by atoms with E-state index in [-0.39, 0.29) is 19.3 Å². The fraction of sp³-hybridized carbons (Fsp3) is 0.438. The molecule has 0 unspecified atom stereocenters. The molecular formula is C16H22N2O3. The van der Waals surface area contributed by atoms with Gasteiger partial charge in [-0.1, -0.05) is 13.0 Å². The summed E-state index contributed by atoms with van der Waals surface area (Å²) >= 11 is 0. The van der Waals surface area contributed by atoms with Crippen molar-refractivity contribution in [3.05, 3.63) is 53.7 Å². The highest BCUT2D eigenvalue weighted by Crippen LogP contribution is 2.17. The fourth-order valence-electron chi connectivity index (χ4n) is 2.34. The van der Waals surface area contributed by atoms with Crippen molar-refractivity contribution in [3.63, 3.8) is 0 Å². The third-order valence-corrected chi connectivity index (χ3v) is 3.54. The van der Waals surface area contributed by atoms with Gasteiger partial charge in [0, 0.05) is 25.0 Å². The summed E-state index contributed by atoms with van der Waals surface area (Å²) in [5.41, 5.74) is 1.10. The van der Waals surface area contributed by atoms with Gasteiger partial charge in [-0.15, -0.1) is 0 Å². The lowest BCUT2D eigenvalue weighted by Crippen LogP contribution is -2.36. The van der Waals surface area contributed by atoms with E-state index in [1.165, 1.54) is 0 Å². The lowest BCUT2D eigenvalue weighted by atomic mass is 10.1. The van der Waals surface area contributed by atoms with Crippen LogP contribution in [-0.4, -0.2) is 32.7 Å². The Morgan fingerprint density at radius 2 is 2.00 bits per heavy atom. The molecule has 0 radical (unpaired) electrons. The molecule has 0 saturated carbocycles. The first kappa shape index (κ1) is 15.7. The van der Waals surface area contributed by atoms with Crippen molar-refractivity contribution in [2.24, 2.45) is 0 Å². The molecule has 0 aromatic carbocycles. The van der Waals surface area contributed by atoms with Gasteiger partial charge in [0.05, 0.1) is 13.2 Å². The van der Waals surface area contributed by atoms with Gasteiger partial charge in [-0.05, 0) is 30.2 Å². The Labute approximate surface area is 124 Å². The zero-order chi connectivity index (χ0) is 15.1. The average Bonchev–Trinajstić information content (AvgIpc) is 2.97. The van der Waals surface area contributed by atoms with E-state index in [2.05, 4.69) is 16.8 Å². The van der Waals surface area contributed by atoms with E-state index < -0.39 is 0 Å². The van der Waals surface area contributed by atoms with Crippen molar-refractivity contribution in [2.75, 3.05) is 6.61 Å². The lowest BCUT2D eigenvalue weighted by molar-refractivity contribution is 0.0984. The second-order valence-corrected chi connectivity index (χ2v) is 5.04. The molecule has 114 valence electrons. The van der Waals surface area contributed by atoms with Crippen LogP contribution in [0.25, 0.3) is 0 Å². The van der Waals surface area contributed by atoms with Gasteiger partial charge in [0.2, 0.25) is 0 Å². The summed E-state index contributed by atoms with van der Waals surface area (Å²) in [5.74, 6) is 1.35. The summed E-state index contributed by atoms with van der Waals surface area (Å²) in [7, 11) is 0. The van der Waals surface area contributed by atoms with Crippen molar-refractivity contribution in [1.29, 1.82) is 0 Å². The molecular weight excluding hydrogens is 268 g/mol. The highest BCUT2D eigenvalue weighted by molar-refractivity contribution is 5.10. The maximum Gasteiger partial charge on any atom is 0.129 e. The standard InChI is InChI=1S/C16H22N2O3/c1-2-14(11-19)18(9-13-4-3-7-17-8-13)10-15-5-6-16(12-20)21-15/h3-8,14,19-20H,2,9-12H2,1H3/t14-/m0/s1. The van der Waals surface area contributed by atoms with Crippen molar-refractivity contribution in [3.8, 4) is 0 Å². The van der Waals surface area contributed by atoms with Gasteiger partial charge in [-0.3, -0.25) is 9.88 Å². The third kappa shape index (κ3) is 4.39. The van der Waals surface area contributed by atoms with Crippen LogP contribution in [0.2, 0.25) is 0 Å². The minimum atomic E-state index is -0.0974. The Balaban J connectivity index is 2.11. The maximum absolute atomic E-state index is 9.58. The van der Waals surface area contributed by atoms with Gasteiger partial charge in [-0.2, -0.15) is 0 Å². The Morgan fingerprint density at radius 3 is 2.57 bits per heavy atom. The van der Waals surface area contributed by atoms with E-state index in [9.17, 15) is 5.11 Å². The van der Waals surface area contributed by atoms with E-state index in [0.717, 1.165) is 17.7 Å². The van der Waals surface area contributed by atoms with Crippen LogP contribution in [0.3, 0.4) is 0 Å². The highest BCUT2D eigenvalue weighted by atomic mass is 16.4. The molecule has 0 amide bonds. The van der Waals surface area contributed by atoms with Gasteiger partial charge < -0.3 is 14.6 Å². The van der Waals surface area contributed by atoms with Gasteiger partial charge >= 0.3 is 0 Å². The topological polar surface area (TPSA) is 69.7 Å². The van der Waals surface area contributed by atoms with Crippen LogP contribution in [0.15, 0.2) is 41.1 Å².